The fraction of sp³-hybridized carbons (Fsp3) is 0.900. The Morgan fingerprint density at radius 1 is 1.40 bits per heavy atom. The molecule has 0 fully saturated rings. The van der Waals surface area contributed by atoms with Crippen LogP contribution in [0.15, 0.2) is 0 Å². The van der Waals surface area contributed by atoms with Crippen LogP contribution in [0.2, 0.25) is 0 Å². The summed E-state index contributed by atoms with van der Waals surface area (Å²) in [5.74, 6) is 1.25. The molecule has 92 valence electrons. The lowest BCUT2D eigenvalue weighted by Gasteiger charge is -2.18. The van der Waals surface area contributed by atoms with Gasteiger partial charge in [0.25, 0.3) is 0 Å². The summed E-state index contributed by atoms with van der Waals surface area (Å²) >= 11 is 1.82. The zero-order chi connectivity index (χ0) is 11.0. The highest BCUT2D eigenvalue weighted by Gasteiger charge is 2.11. The van der Waals surface area contributed by atoms with Gasteiger partial charge in [0, 0.05) is 18.5 Å². The van der Waals surface area contributed by atoms with Crippen molar-refractivity contribution >= 4 is 30.1 Å². The van der Waals surface area contributed by atoms with E-state index >= 15 is 0 Å². The molecule has 0 heterocycles. The highest BCUT2D eigenvalue weighted by molar-refractivity contribution is 7.98. The molecule has 0 aromatic rings. The van der Waals surface area contributed by atoms with Crippen molar-refractivity contribution in [2.24, 2.45) is 5.73 Å². The molecule has 0 aliphatic heterocycles. The van der Waals surface area contributed by atoms with E-state index in [2.05, 4.69) is 11.6 Å². The molecule has 0 aromatic heterocycles. The van der Waals surface area contributed by atoms with Crippen LogP contribution in [0.4, 0.5) is 0 Å². The summed E-state index contributed by atoms with van der Waals surface area (Å²) in [5.41, 5.74) is 5.43. The third-order valence-corrected chi connectivity index (χ3v) is 2.44. The van der Waals surface area contributed by atoms with Crippen molar-refractivity contribution in [2.75, 3.05) is 18.6 Å². The van der Waals surface area contributed by atoms with Crippen molar-refractivity contribution in [3.05, 3.63) is 0 Å². The van der Waals surface area contributed by atoms with Crippen LogP contribution in [0.25, 0.3) is 0 Å². The van der Waals surface area contributed by atoms with E-state index in [4.69, 9.17) is 5.73 Å². The maximum Gasteiger partial charge on any atom is 0.220 e. The van der Waals surface area contributed by atoms with E-state index in [1.807, 2.05) is 25.6 Å². The molecule has 0 radical (unpaired) electrons. The molecule has 0 saturated heterocycles. The van der Waals surface area contributed by atoms with Crippen molar-refractivity contribution in [3.63, 3.8) is 0 Å². The minimum absolute atomic E-state index is 0. The van der Waals surface area contributed by atoms with Crippen LogP contribution < -0.4 is 11.1 Å². The van der Waals surface area contributed by atoms with Crippen LogP contribution in [-0.4, -0.2) is 30.0 Å². The fourth-order valence-electron chi connectivity index (χ4n) is 0.947. The summed E-state index contributed by atoms with van der Waals surface area (Å²) in [6.07, 6.45) is 4.78. The first-order chi connectivity index (χ1) is 6.45. The fourth-order valence-corrected chi connectivity index (χ4v) is 1.44. The number of thioether (sulfide) groups is 1. The number of unbranched alkanes of at least 4 members (excludes halogenated alkanes) is 1. The number of hydrogen-bond donors (Lipinski definition) is 2. The van der Waals surface area contributed by atoms with Crippen LogP contribution >= 0.6 is 24.2 Å². The second-order valence-corrected chi connectivity index (χ2v) is 5.20. The Labute approximate surface area is 103 Å². The normalized spacial score (nSPS) is 10.7. The zero-order valence-electron chi connectivity index (χ0n) is 9.84. The SMILES string of the molecule is CSCCCCC(=O)NCC(C)(C)N.Cl. The molecule has 15 heavy (non-hydrogen) atoms. The number of amides is 1. The molecule has 0 aromatic carbocycles. The van der Waals surface area contributed by atoms with Gasteiger partial charge in [-0.05, 0) is 38.7 Å². The van der Waals surface area contributed by atoms with Gasteiger partial charge in [0.1, 0.15) is 0 Å². The van der Waals surface area contributed by atoms with Crippen molar-refractivity contribution in [1.82, 2.24) is 5.32 Å². The number of carbonyl (C=O) groups excluding carboxylic acids is 1. The standard InChI is InChI=1S/C10H22N2OS.ClH/c1-10(2,11)8-12-9(13)6-4-5-7-14-3;/h4-8,11H2,1-3H3,(H,12,13);1H. The highest BCUT2D eigenvalue weighted by atomic mass is 35.5. The maximum absolute atomic E-state index is 11.3. The zero-order valence-corrected chi connectivity index (χ0v) is 11.5. The number of nitrogens with two attached hydrogens (primary N) is 1. The molecular formula is C10H23ClN2OS. The molecule has 3 N–H and O–H groups in total. The molecule has 3 nitrogen and oxygen atoms in total. The van der Waals surface area contributed by atoms with Crippen molar-refractivity contribution < 1.29 is 4.79 Å². The quantitative estimate of drug-likeness (QED) is 0.682. The Bertz CT molecular complexity index is 171. The van der Waals surface area contributed by atoms with E-state index in [0.717, 1.165) is 18.6 Å². The van der Waals surface area contributed by atoms with Gasteiger partial charge in [-0.1, -0.05) is 0 Å². The predicted octanol–water partition coefficient (Wildman–Crippen LogP) is 1.79. The van der Waals surface area contributed by atoms with E-state index in [1.165, 1.54) is 0 Å². The van der Waals surface area contributed by atoms with Crippen LogP contribution in [0.5, 0.6) is 0 Å². The van der Waals surface area contributed by atoms with Gasteiger partial charge >= 0.3 is 0 Å². The Balaban J connectivity index is 0. The van der Waals surface area contributed by atoms with E-state index in [0.29, 0.717) is 13.0 Å². The molecule has 0 spiro atoms. The van der Waals surface area contributed by atoms with Gasteiger partial charge in [0.2, 0.25) is 5.91 Å². The minimum Gasteiger partial charge on any atom is -0.354 e. The van der Waals surface area contributed by atoms with E-state index in [-0.39, 0.29) is 23.9 Å². The maximum atomic E-state index is 11.3. The predicted molar refractivity (Wildman–Crippen MR) is 70.8 cm³/mol. The van der Waals surface area contributed by atoms with Crippen molar-refractivity contribution in [3.8, 4) is 0 Å². The Hall–Kier alpha value is 0.0700. The smallest absolute Gasteiger partial charge is 0.220 e. The summed E-state index contributed by atoms with van der Waals surface area (Å²) in [6, 6.07) is 0. The summed E-state index contributed by atoms with van der Waals surface area (Å²) in [7, 11) is 0. The van der Waals surface area contributed by atoms with Gasteiger partial charge in [0.15, 0.2) is 0 Å². The Morgan fingerprint density at radius 2 is 2.00 bits per heavy atom. The van der Waals surface area contributed by atoms with Crippen LogP contribution in [0.3, 0.4) is 0 Å². The molecule has 0 aliphatic carbocycles. The molecule has 0 saturated carbocycles. The summed E-state index contributed by atoms with van der Waals surface area (Å²) in [6.45, 7) is 4.36. The summed E-state index contributed by atoms with van der Waals surface area (Å²) < 4.78 is 0. The average Bonchev–Trinajstić information content (AvgIpc) is 2.08. The first kappa shape index (κ1) is 17.5. The third-order valence-electron chi connectivity index (χ3n) is 1.74. The van der Waals surface area contributed by atoms with Gasteiger partial charge in [-0.15, -0.1) is 12.4 Å². The largest absolute Gasteiger partial charge is 0.354 e. The van der Waals surface area contributed by atoms with Gasteiger partial charge in [-0.2, -0.15) is 11.8 Å². The van der Waals surface area contributed by atoms with E-state index in [1.54, 1.807) is 0 Å². The third kappa shape index (κ3) is 14.1. The second-order valence-electron chi connectivity index (χ2n) is 4.22. The Morgan fingerprint density at radius 3 is 2.47 bits per heavy atom. The van der Waals surface area contributed by atoms with Gasteiger partial charge in [-0.3, -0.25) is 4.79 Å². The molecule has 0 unspecified atom stereocenters. The molecule has 0 rings (SSSR count). The monoisotopic (exact) mass is 254 g/mol. The van der Waals surface area contributed by atoms with Gasteiger partial charge < -0.3 is 11.1 Å². The van der Waals surface area contributed by atoms with Crippen molar-refractivity contribution in [2.45, 2.75) is 38.6 Å². The number of hydrogen-bond acceptors (Lipinski definition) is 3. The van der Waals surface area contributed by atoms with Gasteiger partial charge in [-0.25, -0.2) is 0 Å². The van der Waals surface area contributed by atoms with E-state index < -0.39 is 0 Å². The van der Waals surface area contributed by atoms with Crippen LogP contribution in [-0.2, 0) is 4.79 Å². The van der Waals surface area contributed by atoms with E-state index in [9.17, 15) is 4.79 Å². The molecular weight excluding hydrogens is 232 g/mol. The number of halogens is 1. The average molecular weight is 255 g/mol. The lowest BCUT2D eigenvalue weighted by atomic mass is 10.1. The van der Waals surface area contributed by atoms with Crippen molar-refractivity contribution in [1.29, 1.82) is 0 Å². The Kier molecular flexibility index (Phi) is 10.8. The first-order valence-electron chi connectivity index (χ1n) is 5.00. The first-order valence-corrected chi connectivity index (χ1v) is 6.39. The second kappa shape index (κ2) is 9.31. The topological polar surface area (TPSA) is 55.1 Å². The number of carbonyl (C=O) groups is 1. The van der Waals surface area contributed by atoms with Crippen LogP contribution in [0, 0.1) is 0 Å². The molecule has 0 bridgehead atoms. The lowest BCUT2D eigenvalue weighted by molar-refractivity contribution is -0.121. The summed E-state index contributed by atoms with van der Waals surface area (Å²) in [4.78, 5) is 11.3. The highest BCUT2D eigenvalue weighted by Crippen LogP contribution is 2.02. The molecule has 0 atom stereocenters. The van der Waals surface area contributed by atoms with Crippen LogP contribution in [0.1, 0.15) is 33.1 Å². The molecule has 1 amide bonds. The molecule has 0 aliphatic rings. The van der Waals surface area contributed by atoms with Gasteiger partial charge in [0.05, 0.1) is 0 Å². The number of rotatable bonds is 7. The minimum atomic E-state index is -0.311. The summed E-state index contributed by atoms with van der Waals surface area (Å²) in [5, 5.41) is 2.83. The molecule has 5 heteroatoms. The number of nitrogens with one attached hydrogen (secondary N) is 1. The lowest BCUT2D eigenvalue weighted by Crippen LogP contribution is -2.45.